The van der Waals surface area contributed by atoms with Gasteiger partial charge in [-0.1, -0.05) is 24.3 Å². The van der Waals surface area contributed by atoms with E-state index in [9.17, 15) is 8.42 Å². The van der Waals surface area contributed by atoms with E-state index in [0.29, 0.717) is 4.91 Å². The zero-order valence-corrected chi connectivity index (χ0v) is 10.0. The molecule has 0 amide bonds. The summed E-state index contributed by atoms with van der Waals surface area (Å²) >= 11 is 1.60. The van der Waals surface area contributed by atoms with Gasteiger partial charge >= 0.3 is 0 Å². The van der Waals surface area contributed by atoms with Gasteiger partial charge in [-0.25, -0.2) is 8.42 Å². The summed E-state index contributed by atoms with van der Waals surface area (Å²) in [6.45, 7) is 1.67. The lowest BCUT2D eigenvalue weighted by molar-refractivity contribution is 0.604. The lowest BCUT2D eigenvalue weighted by atomic mass is 10.4. The van der Waals surface area contributed by atoms with Crippen LogP contribution in [0.15, 0.2) is 46.2 Å². The average Bonchev–Trinajstić information content (AvgIpc) is 2.42. The van der Waals surface area contributed by atoms with E-state index in [1.807, 2.05) is 36.4 Å². The molecule has 2 rings (SSSR count). The number of benzene rings is 1. The molecule has 0 saturated heterocycles. The average molecular weight is 240 g/mol. The Kier molecular flexibility index (Phi) is 2.89. The second kappa shape index (κ2) is 4.02. The molecule has 0 radical (unpaired) electrons. The highest BCUT2D eigenvalue weighted by Gasteiger charge is 2.27. The Morgan fingerprint density at radius 3 is 2.47 bits per heavy atom. The van der Waals surface area contributed by atoms with Gasteiger partial charge in [-0.15, -0.1) is 11.8 Å². The molecule has 0 spiro atoms. The highest BCUT2D eigenvalue weighted by Crippen LogP contribution is 2.31. The highest BCUT2D eigenvalue weighted by molar-refractivity contribution is 8.02. The molecule has 1 aromatic rings. The molecule has 0 fully saturated rings. The Labute approximate surface area is 94.3 Å². The minimum Gasteiger partial charge on any atom is -0.224 e. The summed E-state index contributed by atoms with van der Waals surface area (Å²) in [7, 11) is -2.95. The number of hydrogen-bond acceptors (Lipinski definition) is 3. The summed E-state index contributed by atoms with van der Waals surface area (Å²) in [6.07, 6.45) is 1.84. The number of allylic oxidation sites excluding steroid dienone is 1. The van der Waals surface area contributed by atoms with Crippen LogP contribution < -0.4 is 0 Å². The van der Waals surface area contributed by atoms with Crippen LogP contribution in [-0.2, 0) is 9.84 Å². The lowest BCUT2D eigenvalue weighted by Crippen LogP contribution is -2.07. The molecule has 1 aromatic carbocycles. The minimum absolute atomic E-state index is 0.0670. The first-order valence-corrected chi connectivity index (χ1v) is 7.24. The topological polar surface area (TPSA) is 34.1 Å². The van der Waals surface area contributed by atoms with Gasteiger partial charge in [0.1, 0.15) is 0 Å². The molecule has 1 aliphatic rings. The van der Waals surface area contributed by atoms with Gasteiger partial charge in [0.2, 0.25) is 0 Å². The lowest BCUT2D eigenvalue weighted by Gasteiger charge is -2.05. The van der Waals surface area contributed by atoms with E-state index in [1.165, 1.54) is 0 Å². The van der Waals surface area contributed by atoms with Gasteiger partial charge in [-0.3, -0.25) is 0 Å². The third-order valence-corrected chi connectivity index (χ3v) is 5.60. The van der Waals surface area contributed by atoms with Crippen LogP contribution in [0.2, 0.25) is 0 Å². The standard InChI is InChI=1S/C11H12O2S2/c1-9-7-11(8-15(9,12)13)14-10-5-3-2-4-6-10/h2-7,11H,8H2,1H3. The summed E-state index contributed by atoms with van der Waals surface area (Å²) in [5.41, 5.74) is 0. The van der Waals surface area contributed by atoms with Crippen LogP contribution in [-0.4, -0.2) is 19.4 Å². The van der Waals surface area contributed by atoms with E-state index in [2.05, 4.69) is 0 Å². The monoisotopic (exact) mass is 240 g/mol. The van der Waals surface area contributed by atoms with Crippen LogP contribution in [0.5, 0.6) is 0 Å². The largest absolute Gasteiger partial charge is 0.224 e. The van der Waals surface area contributed by atoms with Gasteiger partial charge in [0.05, 0.1) is 5.75 Å². The number of rotatable bonds is 2. The molecule has 0 saturated carbocycles. The Morgan fingerprint density at radius 2 is 1.93 bits per heavy atom. The van der Waals surface area contributed by atoms with Crippen molar-refractivity contribution in [2.75, 3.05) is 5.75 Å². The second-order valence-electron chi connectivity index (χ2n) is 3.53. The zero-order valence-electron chi connectivity index (χ0n) is 8.38. The van der Waals surface area contributed by atoms with Crippen LogP contribution in [0.4, 0.5) is 0 Å². The quantitative estimate of drug-likeness (QED) is 0.796. The fourth-order valence-electron chi connectivity index (χ4n) is 1.50. The van der Waals surface area contributed by atoms with E-state index in [-0.39, 0.29) is 11.0 Å². The minimum atomic E-state index is -2.95. The molecule has 1 unspecified atom stereocenters. The maximum atomic E-state index is 11.5. The second-order valence-corrected chi connectivity index (χ2v) is 7.05. The molecule has 1 atom stereocenters. The highest BCUT2D eigenvalue weighted by atomic mass is 32.2. The van der Waals surface area contributed by atoms with E-state index >= 15 is 0 Å². The van der Waals surface area contributed by atoms with Crippen molar-refractivity contribution in [1.29, 1.82) is 0 Å². The SMILES string of the molecule is CC1=CC(Sc2ccccc2)CS1(=O)=O. The van der Waals surface area contributed by atoms with Crippen molar-refractivity contribution in [2.24, 2.45) is 0 Å². The molecule has 2 nitrogen and oxygen atoms in total. The van der Waals surface area contributed by atoms with Gasteiger partial charge in [-0.05, 0) is 19.1 Å². The molecule has 15 heavy (non-hydrogen) atoms. The predicted molar refractivity (Wildman–Crippen MR) is 63.6 cm³/mol. The first kappa shape index (κ1) is 10.8. The molecule has 0 N–H and O–H groups in total. The third kappa shape index (κ3) is 2.44. The van der Waals surface area contributed by atoms with E-state index in [0.717, 1.165) is 4.90 Å². The van der Waals surface area contributed by atoms with Crippen molar-refractivity contribution in [3.05, 3.63) is 41.3 Å². The molecular formula is C11H12O2S2. The Bertz CT molecular complexity index is 475. The van der Waals surface area contributed by atoms with Crippen LogP contribution in [0.3, 0.4) is 0 Å². The first-order valence-electron chi connectivity index (χ1n) is 4.71. The van der Waals surface area contributed by atoms with Gasteiger partial charge in [0.25, 0.3) is 0 Å². The summed E-state index contributed by atoms with van der Waals surface area (Å²) in [4.78, 5) is 1.62. The molecule has 0 aliphatic carbocycles. The van der Waals surface area contributed by atoms with Crippen molar-refractivity contribution >= 4 is 21.6 Å². The van der Waals surface area contributed by atoms with Gasteiger partial charge in [-0.2, -0.15) is 0 Å². The van der Waals surface area contributed by atoms with Crippen LogP contribution in [0.25, 0.3) is 0 Å². The fourth-order valence-corrected chi connectivity index (χ4v) is 4.50. The normalized spacial score (nSPS) is 23.8. The summed E-state index contributed by atoms with van der Waals surface area (Å²) in [5.74, 6) is 0.235. The number of sulfone groups is 1. The summed E-state index contributed by atoms with van der Waals surface area (Å²) in [6, 6.07) is 9.87. The van der Waals surface area contributed by atoms with Crippen LogP contribution >= 0.6 is 11.8 Å². The molecule has 0 bridgehead atoms. The van der Waals surface area contributed by atoms with Crippen molar-refractivity contribution < 1.29 is 8.42 Å². The first-order chi connectivity index (χ1) is 7.08. The number of hydrogen-bond donors (Lipinski definition) is 0. The summed E-state index contributed by atoms with van der Waals surface area (Å²) in [5, 5.41) is 0.0670. The molecule has 4 heteroatoms. The van der Waals surface area contributed by atoms with E-state index in [1.54, 1.807) is 18.7 Å². The van der Waals surface area contributed by atoms with Crippen molar-refractivity contribution in [2.45, 2.75) is 17.1 Å². The Morgan fingerprint density at radius 1 is 1.27 bits per heavy atom. The maximum Gasteiger partial charge on any atom is 0.175 e. The van der Waals surface area contributed by atoms with E-state index in [4.69, 9.17) is 0 Å². The van der Waals surface area contributed by atoms with Gasteiger partial charge in [0.15, 0.2) is 9.84 Å². The fraction of sp³-hybridized carbons (Fsp3) is 0.273. The Hall–Kier alpha value is -0.740. The van der Waals surface area contributed by atoms with Crippen LogP contribution in [0.1, 0.15) is 6.92 Å². The summed E-state index contributed by atoms with van der Waals surface area (Å²) < 4.78 is 23.0. The molecule has 1 aliphatic heterocycles. The third-order valence-electron chi connectivity index (χ3n) is 2.33. The molecular weight excluding hydrogens is 228 g/mol. The van der Waals surface area contributed by atoms with Crippen molar-refractivity contribution in [3.8, 4) is 0 Å². The zero-order chi connectivity index (χ0) is 10.9. The van der Waals surface area contributed by atoms with Crippen molar-refractivity contribution in [1.82, 2.24) is 0 Å². The van der Waals surface area contributed by atoms with Crippen LogP contribution in [0, 0.1) is 0 Å². The molecule has 80 valence electrons. The predicted octanol–water partition coefficient (Wildman–Crippen LogP) is 2.48. The van der Waals surface area contributed by atoms with Gasteiger partial charge < -0.3 is 0 Å². The Balaban J connectivity index is 2.12. The maximum absolute atomic E-state index is 11.5. The molecule has 0 aromatic heterocycles. The smallest absolute Gasteiger partial charge is 0.175 e. The number of thioether (sulfide) groups is 1. The van der Waals surface area contributed by atoms with Crippen molar-refractivity contribution in [3.63, 3.8) is 0 Å². The van der Waals surface area contributed by atoms with Gasteiger partial charge in [0, 0.05) is 15.1 Å². The van der Waals surface area contributed by atoms with E-state index < -0.39 is 9.84 Å². The molecule has 1 heterocycles.